The zero-order chi connectivity index (χ0) is 13.4. The van der Waals surface area contributed by atoms with Crippen LogP contribution in [0.4, 0.5) is 0 Å². The number of halogens is 1. The van der Waals surface area contributed by atoms with Crippen molar-refractivity contribution in [3.63, 3.8) is 0 Å². The average Bonchev–Trinajstić information content (AvgIpc) is 2.50. The van der Waals surface area contributed by atoms with E-state index < -0.39 is 21.5 Å². The second-order valence-corrected chi connectivity index (χ2v) is 7.20. The summed E-state index contributed by atoms with van der Waals surface area (Å²) in [5.74, 6) is -0.837. The molecule has 19 heavy (non-hydrogen) atoms. The molecule has 0 heterocycles. The van der Waals surface area contributed by atoms with Crippen LogP contribution in [-0.4, -0.2) is 45.5 Å². The van der Waals surface area contributed by atoms with Gasteiger partial charge in [0.15, 0.2) is 9.84 Å². The van der Waals surface area contributed by atoms with E-state index in [1.54, 1.807) is 0 Å². The van der Waals surface area contributed by atoms with Gasteiger partial charge in [-0.05, 0) is 12.8 Å². The molecule has 2 N–H and O–H groups in total. The average molecular weight is 313 g/mol. The Morgan fingerprint density at radius 2 is 1.68 bits per heavy atom. The van der Waals surface area contributed by atoms with Crippen molar-refractivity contribution in [3.05, 3.63) is 0 Å². The summed E-state index contributed by atoms with van der Waals surface area (Å²) in [6.45, 7) is 1.20. The quantitative estimate of drug-likeness (QED) is 0.564. The van der Waals surface area contributed by atoms with Gasteiger partial charge in [0.1, 0.15) is 5.75 Å². The smallest absolute Gasteiger partial charge is 0.235 e. The molecule has 0 radical (unpaired) electrons. The Kier molecular flexibility index (Phi) is 9.39. The molecule has 7 heteroatoms. The molecule has 1 rings (SSSR count). The predicted molar refractivity (Wildman–Crippen MR) is 79.5 cm³/mol. The van der Waals surface area contributed by atoms with E-state index in [0.29, 0.717) is 19.1 Å². The summed E-state index contributed by atoms with van der Waals surface area (Å²) in [6, 6.07) is 0.555. The Hall–Kier alpha value is -0.330. The van der Waals surface area contributed by atoms with Crippen molar-refractivity contribution in [2.75, 3.05) is 25.1 Å². The highest BCUT2D eigenvalue weighted by Gasteiger charge is 2.12. The molecule has 0 aromatic heterocycles. The zero-order valence-electron chi connectivity index (χ0n) is 11.5. The van der Waals surface area contributed by atoms with Crippen LogP contribution in [0.25, 0.3) is 0 Å². The lowest BCUT2D eigenvalue weighted by Crippen LogP contribution is -2.38. The monoisotopic (exact) mass is 312 g/mol. The number of amides is 1. The lowest BCUT2D eigenvalue weighted by molar-refractivity contribution is -0.118. The molecular formula is C12H25ClN2O3S. The Morgan fingerprint density at radius 3 is 2.21 bits per heavy atom. The molecule has 114 valence electrons. The highest BCUT2D eigenvalue weighted by Crippen LogP contribution is 2.16. The number of carbonyl (C=O) groups is 1. The van der Waals surface area contributed by atoms with Gasteiger partial charge in [0.25, 0.3) is 0 Å². The van der Waals surface area contributed by atoms with Gasteiger partial charge < -0.3 is 10.6 Å². The van der Waals surface area contributed by atoms with Gasteiger partial charge in [0.2, 0.25) is 5.91 Å². The maximum Gasteiger partial charge on any atom is 0.235 e. The first kappa shape index (κ1) is 18.7. The lowest BCUT2D eigenvalue weighted by Gasteiger charge is -2.16. The lowest BCUT2D eigenvalue weighted by atomic mass is 10.1. The number of hydrogen-bond donors (Lipinski definition) is 2. The molecule has 0 saturated heterocycles. The van der Waals surface area contributed by atoms with Gasteiger partial charge in [-0.3, -0.25) is 4.79 Å². The largest absolute Gasteiger partial charge is 0.354 e. The normalized spacial score (nSPS) is 17.3. The summed E-state index contributed by atoms with van der Waals surface area (Å²) >= 11 is 0. The first-order valence-electron chi connectivity index (χ1n) is 6.65. The molecule has 0 aromatic carbocycles. The molecular weight excluding hydrogens is 288 g/mol. The summed E-state index contributed by atoms with van der Waals surface area (Å²) in [7, 11) is -3.22. The van der Waals surface area contributed by atoms with Crippen LogP contribution >= 0.6 is 12.4 Å². The maximum absolute atomic E-state index is 11.2. The predicted octanol–water partition coefficient (Wildman–Crippen LogP) is 0.881. The van der Waals surface area contributed by atoms with Crippen molar-refractivity contribution < 1.29 is 13.2 Å². The van der Waals surface area contributed by atoms with Gasteiger partial charge in [-0.25, -0.2) is 8.42 Å². The topological polar surface area (TPSA) is 75.3 Å². The van der Waals surface area contributed by atoms with E-state index >= 15 is 0 Å². The van der Waals surface area contributed by atoms with E-state index in [1.165, 1.54) is 38.5 Å². The third kappa shape index (κ3) is 10.2. The summed E-state index contributed by atoms with van der Waals surface area (Å²) in [4.78, 5) is 11.2. The number of sulfone groups is 1. The maximum atomic E-state index is 11.2. The highest BCUT2D eigenvalue weighted by molar-refractivity contribution is 7.91. The van der Waals surface area contributed by atoms with Crippen LogP contribution in [0.15, 0.2) is 0 Å². The molecule has 1 aliphatic rings. The summed E-state index contributed by atoms with van der Waals surface area (Å²) in [6.07, 6.45) is 8.67. The van der Waals surface area contributed by atoms with E-state index in [9.17, 15) is 13.2 Å². The molecule has 0 aromatic rings. The van der Waals surface area contributed by atoms with Gasteiger partial charge in [0.05, 0.1) is 0 Å². The summed E-state index contributed by atoms with van der Waals surface area (Å²) < 4.78 is 21.8. The van der Waals surface area contributed by atoms with E-state index in [1.807, 2.05) is 0 Å². The van der Waals surface area contributed by atoms with Crippen LogP contribution in [0.3, 0.4) is 0 Å². The van der Waals surface area contributed by atoms with Crippen molar-refractivity contribution in [2.24, 2.45) is 0 Å². The van der Waals surface area contributed by atoms with Crippen molar-refractivity contribution >= 4 is 28.2 Å². The minimum atomic E-state index is -3.22. The molecule has 1 amide bonds. The number of carbonyl (C=O) groups excluding carboxylic acids is 1. The van der Waals surface area contributed by atoms with E-state index in [0.717, 1.165) is 6.26 Å². The third-order valence-electron chi connectivity index (χ3n) is 3.13. The second kappa shape index (κ2) is 9.55. The first-order valence-corrected chi connectivity index (χ1v) is 8.71. The van der Waals surface area contributed by atoms with Crippen molar-refractivity contribution in [1.29, 1.82) is 0 Å². The van der Waals surface area contributed by atoms with Gasteiger partial charge in [-0.2, -0.15) is 0 Å². The van der Waals surface area contributed by atoms with Crippen LogP contribution < -0.4 is 10.6 Å². The fourth-order valence-corrected chi connectivity index (χ4v) is 2.83. The van der Waals surface area contributed by atoms with Crippen LogP contribution in [0, 0.1) is 0 Å². The van der Waals surface area contributed by atoms with Gasteiger partial charge in [0, 0.05) is 25.4 Å². The summed E-state index contributed by atoms with van der Waals surface area (Å²) in [5, 5.41) is 6.03. The third-order valence-corrected chi connectivity index (χ3v) is 3.92. The fraction of sp³-hybridized carbons (Fsp3) is 0.917. The number of hydrogen-bond acceptors (Lipinski definition) is 4. The van der Waals surface area contributed by atoms with Crippen LogP contribution in [-0.2, 0) is 14.6 Å². The molecule has 0 atom stereocenters. The van der Waals surface area contributed by atoms with Crippen molar-refractivity contribution in [2.45, 2.75) is 44.6 Å². The van der Waals surface area contributed by atoms with E-state index in [2.05, 4.69) is 10.6 Å². The highest BCUT2D eigenvalue weighted by atomic mass is 35.5. The van der Waals surface area contributed by atoms with E-state index in [-0.39, 0.29) is 12.4 Å². The van der Waals surface area contributed by atoms with E-state index in [4.69, 9.17) is 0 Å². The minimum absolute atomic E-state index is 0. The van der Waals surface area contributed by atoms with Crippen LogP contribution in [0.5, 0.6) is 0 Å². The molecule has 0 aliphatic heterocycles. The standard InChI is InChI=1S/C12H24N2O3S.ClH/c1-18(16,17)10-12(15)14-9-8-13-11-6-4-2-3-5-7-11;/h11,13H,2-10H2,1H3,(H,14,15);1H. The molecule has 0 bridgehead atoms. The summed E-state index contributed by atoms with van der Waals surface area (Å²) in [5.41, 5.74) is 0. The van der Waals surface area contributed by atoms with Gasteiger partial charge in [-0.1, -0.05) is 25.7 Å². The molecule has 0 unspecified atom stereocenters. The molecule has 5 nitrogen and oxygen atoms in total. The zero-order valence-corrected chi connectivity index (χ0v) is 13.1. The fourth-order valence-electron chi connectivity index (χ4n) is 2.25. The molecule has 1 fully saturated rings. The second-order valence-electron chi connectivity index (χ2n) is 5.06. The van der Waals surface area contributed by atoms with Gasteiger partial charge >= 0.3 is 0 Å². The Balaban J connectivity index is 0.00000324. The minimum Gasteiger partial charge on any atom is -0.354 e. The Morgan fingerprint density at radius 1 is 1.11 bits per heavy atom. The Labute approximate surface area is 122 Å². The number of nitrogens with one attached hydrogen (secondary N) is 2. The molecule has 0 spiro atoms. The Bertz CT molecular complexity index is 352. The van der Waals surface area contributed by atoms with Crippen LogP contribution in [0.1, 0.15) is 38.5 Å². The van der Waals surface area contributed by atoms with Gasteiger partial charge in [-0.15, -0.1) is 12.4 Å². The molecule has 1 aliphatic carbocycles. The van der Waals surface area contributed by atoms with Crippen molar-refractivity contribution in [3.8, 4) is 0 Å². The SMILES string of the molecule is CS(=O)(=O)CC(=O)NCCNC1CCCCCC1.Cl. The first-order chi connectivity index (χ1) is 8.47. The molecule has 1 saturated carbocycles. The number of rotatable bonds is 6. The van der Waals surface area contributed by atoms with Crippen LogP contribution in [0.2, 0.25) is 0 Å². The van der Waals surface area contributed by atoms with Crippen molar-refractivity contribution in [1.82, 2.24) is 10.6 Å².